The van der Waals surface area contributed by atoms with E-state index in [2.05, 4.69) is 5.32 Å². The third kappa shape index (κ3) is 4.06. The Morgan fingerprint density at radius 3 is 2.47 bits per heavy atom. The molecule has 0 spiro atoms. The standard InChI is InChI=1S/C9H9F3N2O2S/c1-4(15)14-8-6(7(13)16)2-5(17-8)3-9(10,11)12/h2H,3H2,1H3,(H2,13,16)(H,14,15). The number of primary amides is 1. The van der Waals surface area contributed by atoms with Crippen molar-refractivity contribution >= 4 is 28.2 Å². The van der Waals surface area contributed by atoms with Gasteiger partial charge in [0.1, 0.15) is 5.00 Å². The van der Waals surface area contributed by atoms with Crippen LogP contribution in [-0.4, -0.2) is 18.0 Å². The number of nitrogens with two attached hydrogens (primary N) is 1. The van der Waals surface area contributed by atoms with Gasteiger partial charge in [0.2, 0.25) is 5.91 Å². The first-order valence-corrected chi connectivity index (χ1v) is 5.27. The zero-order valence-corrected chi connectivity index (χ0v) is 9.54. The summed E-state index contributed by atoms with van der Waals surface area (Å²) in [4.78, 5) is 21.7. The predicted octanol–water partition coefficient (Wildman–Crippen LogP) is 1.91. The number of halogens is 3. The van der Waals surface area contributed by atoms with Crippen LogP contribution in [0, 0.1) is 0 Å². The van der Waals surface area contributed by atoms with Crippen molar-refractivity contribution in [2.24, 2.45) is 5.73 Å². The summed E-state index contributed by atoms with van der Waals surface area (Å²) in [7, 11) is 0. The molecule has 1 heterocycles. The van der Waals surface area contributed by atoms with Crippen LogP contribution in [0.25, 0.3) is 0 Å². The van der Waals surface area contributed by atoms with E-state index in [-0.39, 0.29) is 15.4 Å². The lowest BCUT2D eigenvalue weighted by molar-refractivity contribution is -0.126. The largest absolute Gasteiger partial charge is 0.393 e. The van der Waals surface area contributed by atoms with Crippen molar-refractivity contribution in [1.29, 1.82) is 0 Å². The van der Waals surface area contributed by atoms with Crippen LogP contribution >= 0.6 is 11.3 Å². The summed E-state index contributed by atoms with van der Waals surface area (Å²) in [6.45, 7) is 1.19. The molecule has 0 radical (unpaired) electrons. The Hall–Kier alpha value is -1.57. The van der Waals surface area contributed by atoms with Gasteiger partial charge in [-0.3, -0.25) is 9.59 Å². The minimum atomic E-state index is -4.37. The fraction of sp³-hybridized carbons (Fsp3) is 0.333. The summed E-state index contributed by atoms with van der Waals surface area (Å²) in [6.07, 6.45) is -5.52. The Labute approximate surface area is 98.6 Å². The van der Waals surface area contributed by atoms with Gasteiger partial charge in [0.15, 0.2) is 0 Å². The molecule has 0 fully saturated rings. The molecule has 94 valence electrons. The molecule has 2 amide bonds. The summed E-state index contributed by atoms with van der Waals surface area (Å²) >= 11 is 0.690. The molecule has 0 saturated heterocycles. The van der Waals surface area contributed by atoms with Gasteiger partial charge in [0.05, 0.1) is 12.0 Å². The molecule has 0 aliphatic rings. The molecule has 4 nitrogen and oxygen atoms in total. The van der Waals surface area contributed by atoms with Gasteiger partial charge in [-0.25, -0.2) is 0 Å². The molecule has 0 aliphatic heterocycles. The predicted molar refractivity (Wildman–Crippen MR) is 56.9 cm³/mol. The zero-order chi connectivity index (χ0) is 13.2. The second-order valence-electron chi connectivity index (χ2n) is 3.29. The van der Waals surface area contributed by atoms with Gasteiger partial charge in [-0.05, 0) is 6.07 Å². The minimum absolute atomic E-state index is 0.0456. The quantitative estimate of drug-likeness (QED) is 0.877. The molecular formula is C9H9F3N2O2S. The van der Waals surface area contributed by atoms with Gasteiger partial charge in [-0.1, -0.05) is 0 Å². The first kappa shape index (κ1) is 13.5. The second kappa shape index (κ2) is 4.74. The highest BCUT2D eigenvalue weighted by Gasteiger charge is 2.29. The SMILES string of the molecule is CC(=O)Nc1sc(CC(F)(F)F)cc1C(N)=O. The maximum atomic E-state index is 12.1. The highest BCUT2D eigenvalue weighted by atomic mass is 32.1. The molecule has 17 heavy (non-hydrogen) atoms. The fourth-order valence-electron chi connectivity index (χ4n) is 1.16. The highest BCUT2D eigenvalue weighted by molar-refractivity contribution is 7.16. The Bertz CT molecular complexity index is 454. The molecule has 0 unspecified atom stereocenters. The normalized spacial score (nSPS) is 11.3. The number of carbonyl (C=O) groups excluding carboxylic acids is 2. The monoisotopic (exact) mass is 266 g/mol. The van der Waals surface area contributed by atoms with Gasteiger partial charge in [0.25, 0.3) is 5.91 Å². The van der Waals surface area contributed by atoms with E-state index < -0.39 is 24.4 Å². The van der Waals surface area contributed by atoms with Gasteiger partial charge in [-0.15, -0.1) is 11.3 Å². The summed E-state index contributed by atoms with van der Waals surface area (Å²) < 4.78 is 36.4. The van der Waals surface area contributed by atoms with Crippen LogP contribution in [0.15, 0.2) is 6.07 Å². The number of alkyl halides is 3. The second-order valence-corrected chi connectivity index (χ2v) is 4.43. The number of nitrogens with one attached hydrogen (secondary N) is 1. The van der Waals surface area contributed by atoms with Crippen molar-refractivity contribution in [3.8, 4) is 0 Å². The van der Waals surface area contributed by atoms with Gasteiger partial charge >= 0.3 is 6.18 Å². The summed E-state index contributed by atoms with van der Waals surface area (Å²) in [5.41, 5.74) is 4.90. The summed E-state index contributed by atoms with van der Waals surface area (Å²) in [5.74, 6) is -1.36. The lowest BCUT2D eigenvalue weighted by Gasteiger charge is -2.02. The Morgan fingerprint density at radius 2 is 2.06 bits per heavy atom. The Balaban J connectivity index is 3.04. The molecule has 3 N–H and O–H groups in total. The number of rotatable bonds is 3. The lowest BCUT2D eigenvalue weighted by Crippen LogP contribution is -2.14. The van der Waals surface area contributed by atoms with Crippen molar-refractivity contribution < 1.29 is 22.8 Å². The van der Waals surface area contributed by atoms with E-state index in [1.165, 1.54) is 6.92 Å². The topological polar surface area (TPSA) is 72.2 Å². The highest BCUT2D eigenvalue weighted by Crippen LogP contribution is 2.32. The number of amides is 2. The van der Waals surface area contributed by atoms with E-state index in [9.17, 15) is 22.8 Å². The van der Waals surface area contributed by atoms with Crippen LogP contribution in [0.4, 0.5) is 18.2 Å². The molecule has 1 rings (SSSR count). The van der Waals surface area contributed by atoms with Crippen LogP contribution < -0.4 is 11.1 Å². The number of carbonyl (C=O) groups is 2. The third-order valence-corrected chi connectivity index (χ3v) is 2.76. The van der Waals surface area contributed by atoms with E-state index in [0.29, 0.717) is 11.3 Å². The van der Waals surface area contributed by atoms with Crippen LogP contribution in [0.2, 0.25) is 0 Å². The number of hydrogen-bond donors (Lipinski definition) is 2. The molecular weight excluding hydrogens is 257 g/mol. The molecule has 1 aromatic rings. The van der Waals surface area contributed by atoms with E-state index >= 15 is 0 Å². The average molecular weight is 266 g/mol. The van der Waals surface area contributed by atoms with Crippen molar-refractivity contribution in [2.45, 2.75) is 19.5 Å². The molecule has 0 aromatic carbocycles. The van der Waals surface area contributed by atoms with E-state index in [4.69, 9.17) is 5.73 Å². The van der Waals surface area contributed by atoms with Crippen LogP contribution in [-0.2, 0) is 11.2 Å². The smallest absolute Gasteiger partial charge is 0.366 e. The lowest BCUT2D eigenvalue weighted by atomic mass is 10.2. The molecule has 0 aliphatic carbocycles. The number of thiophene rings is 1. The minimum Gasteiger partial charge on any atom is -0.366 e. The first-order chi connectivity index (χ1) is 7.69. The fourth-order valence-corrected chi connectivity index (χ4v) is 2.30. The molecule has 1 aromatic heterocycles. The molecule has 8 heteroatoms. The van der Waals surface area contributed by atoms with Crippen molar-refractivity contribution in [3.05, 3.63) is 16.5 Å². The number of anilines is 1. The van der Waals surface area contributed by atoms with Crippen molar-refractivity contribution in [1.82, 2.24) is 0 Å². The zero-order valence-electron chi connectivity index (χ0n) is 8.72. The first-order valence-electron chi connectivity index (χ1n) is 4.46. The van der Waals surface area contributed by atoms with E-state index in [0.717, 1.165) is 6.07 Å². The Kier molecular flexibility index (Phi) is 3.76. The molecule has 0 saturated carbocycles. The van der Waals surface area contributed by atoms with E-state index in [1.54, 1.807) is 0 Å². The van der Waals surface area contributed by atoms with Crippen molar-refractivity contribution in [3.63, 3.8) is 0 Å². The van der Waals surface area contributed by atoms with Crippen LogP contribution in [0.3, 0.4) is 0 Å². The van der Waals surface area contributed by atoms with Gasteiger partial charge in [-0.2, -0.15) is 13.2 Å². The van der Waals surface area contributed by atoms with E-state index in [1.807, 2.05) is 0 Å². The molecule has 0 bridgehead atoms. The van der Waals surface area contributed by atoms with Crippen LogP contribution in [0.1, 0.15) is 22.2 Å². The number of hydrogen-bond acceptors (Lipinski definition) is 3. The summed E-state index contributed by atoms with van der Waals surface area (Å²) in [5, 5.41) is 2.32. The van der Waals surface area contributed by atoms with Gasteiger partial charge in [0, 0.05) is 11.8 Å². The average Bonchev–Trinajstić information content (AvgIpc) is 2.43. The summed E-state index contributed by atoms with van der Waals surface area (Å²) in [6, 6.07) is 1.05. The maximum Gasteiger partial charge on any atom is 0.393 e. The maximum absolute atomic E-state index is 12.1. The molecule has 0 atom stereocenters. The van der Waals surface area contributed by atoms with Crippen LogP contribution in [0.5, 0.6) is 0 Å². The van der Waals surface area contributed by atoms with Gasteiger partial charge < -0.3 is 11.1 Å². The Morgan fingerprint density at radius 1 is 1.47 bits per heavy atom. The third-order valence-electron chi connectivity index (χ3n) is 1.71. The van der Waals surface area contributed by atoms with Crippen molar-refractivity contribution in [2.75, 3.05) is 5.32 Å².